The molecule has 2 aromatic heterocycles. The number of phenols is 1. The Hall–Kier alpha value is -2.66. The largest absolute Gasteiger partial charge is 0.508 e. The average Bonchev–Trinajstić information content (AvgIpc) is 2.95. The molecule has 114 valence electrons. The fourth-order valence-corrected chi connectivity index (χ4v) is 3.77. The van der Waals surface area contributed by atoms with E-state index < -0.39 is 0 Å². The van der Waals surface area contributed by atoms with Crippen LogP contribution in [0.4, 0.5) is 0 Å². The fraction of sp³-hybridized carbons (Fsp3) is 0.111. The molecule has 2 aromatic carbocycles. The van der Waals surface area contributed by atoms with Gasteiger partial charge in [0.1, 0.15) is 22.1 Å². The number of phenolic OH excluding ortho intramolecular Hbond substituents is 1. The number of hydrogen-bond donors (Lipinski definition) is 1. The SMILES string of the molecule is Cc1oc2c(C)c(O)ccc2c(=O)c1-c1nc2ccccc2s1. The number of thiazole rings is 1. The van der Waals surface area contributed by atoms with Crippen LogP contribution in [0.5, 0.6) is 5.75 Å². The van der Waals surface area contributed by atoms with Crippen LogP contribution in [0.15, 0.2) is 45.6 Å². The smallest absolute Gasteiger partial charge is 0.203 e. The second kappa shape index (κ2) is 4.93. The number of rotatable bonds is 1. The molecule has 4 rings (SSSR count). The number of benzene rings is 2. The van der Waals surface area contributed by atoms with Gasteiger partial charge in [0.15, 0.2) is 0 Å². The number of hydrogen-bond acceptors (Lipinski definition) is 5. The minimum Gasteiger partial charge on any atom is -0.508 e. The molecule has 0 saturated heterocycles. The zero-order valence-corrected chi connectivity index (χ0v) is 13.4. The maximum Gasteiger partial charge on any atom is 0.203 e. The Kier molecular flexibility index (Phi) is 2.99. The first-order chi connectivity index (χ1) is 11.1. The van der Waals surface area contributed by atoms with Crippen LogP contribution in [-0.2, 0) is 0 Å². The molecule has 0 radical (unpaired) electrons. The van der Waals surface area contributed by atoms with Crippen LogP contribution in [-0.4, -0.2) is 10.1 Å². The second-order valence-corrected chi connectivity index (χ2v) is 6.47. The third-order valence-electron chi connectivity index (χ3n) is 3.96. The summed E-state index contributed by atoms with van der Waals surface area (Å²) < 4.78 is 6.87. The first-order valence-electron chi connectivity index (χ1n) is 7.18. The van der Waals surface area contributed by atoms with E-state index in [9.17, 15) is 9.90 Å². The highest BCUT2D eigenvalue weighted by atomic mass is 32.1. The predicted octanol–water partition coefficient (Wildman–Crippen LogP) is 4.39. The van der Waals surface area contributed by atoms with Crippen molar-refractivity contribution in [3.8, 4) is 16.3 Å². The lowest BCUT2D eigenvalue weighted by Gasteiger charge is -2.07. The van der Waals surface area contributed by atoms with Gasteiger partial charge in [-0.3, -0.25) is 4.79 Å². The molecular weight excluding hydrogens is 310 g/mol. The summed E-state index contributed by atoms with van der Waals surface area (Å²) in [7, 11) is 0. The molecule has 2 heterocycles. The van der Waals surface area contributed by atoms with Gasteiger partial charge in [0.2, 0.25) is 5.43 Å². The number of fused-ring (bicyclic) bond motifs is 2. The van der Waals surface area contributed by atoms with Gasteiger partial charge in [-0.1, -0.05) is 12.1 Å². The standard InChI is InChI=1S/C18H13NO3S/c1-9-13(20)8-7-11-16(21)15(10(2)22-17(9)11)18-19-12-5-3-4-6-14(12)23-18/h3-8,20H,1-2H3. The zero-order valence-electron chi connectivity index (χ0n) is 12.6. The fourth-order valence-electron chi connectivity index (χ4n) is 2.72. The van der Waals surface area contributed by atoms with Crippen LogP contribution >= 0.6 is 11.3 Å². The number of nitrogens with zero attached hydrogens (tertiary/aromatic N) is 1. The Morgan fingerprint density at radius 3 is 2.70 bits per heavy atom. The van der Waals surface area contributed by atoms with Crippen molar-refractivity contribution in [2.24, 2.45) is 0 Å². The lowest BCUT2D eigenvalue weighted by Crippen LogP contribution is -2.07. The normalized spacial score (nSPS) is 11.4. The van der Waals surface area contributed by atoms with E-state index in [4.69, 9.17) is 4.42 Å². The third kappa shape index (κ3) is 2.04. The van der Waals surface area contributed by atoms with Crippen molar-refractivity contribution in [2.75, 3.05) is 0 Å². The van der Waals surface area contributed by atoms with Crippen LogP contribution < -0.4 is 5.43 Å². The average molecular weight is 323 g/mol. The third-order valence-corrected chi connectivity index (χ3v) is 5.02. The summed E-state index contributed by atoms with van der Waals surface area (Å²) in [6.07, 6.45) is 0. The molecule has 0 fully saturated rings. The van der Waals surface area contributed by atoms with Crippen molar-refractivity contribution in [3.05, 3.63) is 57.9 Å². The van der Waals surface area contributed by atoms with E-state index in [-0.39, 0.29) is 11.2 Å². The van der Waals surface area contributed by atoms with Gasteiger partial charge in [0.25, 0.3) is 0 Å². The molecule has 4 aromatic rings. The number of aromatic hydroxyl groups is 1. The maximum atomic E-state index is 12.9. The number of para-hydroxylation sites is 1. The van der Waals surface area contributed by atoms with Crippen LogP contribution in [0, 0.1) is 13.8 Å². The van der Waals surface area contributed by atoms with E-state index in [0.717, 1.165) is 10.2 Å². The van der Waals surface area contributed by atoms with E-state index in [0.29, 0.717) is 32.9 Å². The summed E-state index contributed by atoms with van der Waals surface area (Å²) in [6, 6.07) is 10.9. The van der Waals surface area contributed by atoms with E-state index >= 15 is 0 Å². The van der Waals surface area contributed by atoms with E-state index in [1.165, 1.54) is 17.4 Å². The maximum absolute atomic E-state index is 12.9. The Morgan fingerprint density at radius 1 is 1.13 bits per heavy atom. The van der Waals surface area contributed by atoms with Crippen LogP contribution in [0.3, 0.4) is 0 Å². The number of aromatic nitrogens is 1. The van der Waals surface area contributed by atoms with Gasteiger partial charge in [0, 0.05) is 5.56 Å². The quantitative estimate of drug-likeness (QED) is 0.564. The van der Waals surface area contributed by atoms with Crippen LogP contribution in [0.25, 0.3) is 31.8 Å². The van der Waals surface area contributed by atoms with Crippen molar-refractivity contribution in [3.63, 3.8) is 0 Å². The molecule has 0 unspecified atom stereocenters. The predicted molar refractivity (Wildman–Crippen MR) is 92.2 cm³/mol. The van der Waals surface area contributed by atoms with Crippen molar-refractivity contribution in [1.29, 1.82) is 0 Å². The molecule has 0 spiro atoms. The van der Waals surface area contributed by atoms with Gasteiger partial charge in [-0.15, -0.1) is 11.3 Å². The highest BCUT2D eigenvalue weighted by molar-refractivity contribution is 7.21. The molecule has 0 amide bonds. The van der Waals surface area contributed by atoms with Crippen molar-refractivity contribution < 1.29 is 9.52 Å². The summed E-state index contributed by atoms with van der Waals surface area (Å²) in [6.45, 7) is 3.49. The topological polar surface area (TPSA) is 63.3 Å². The monoisotopic (exact) mass is 323 g/mol. The summed E-state index contributed by atoms with van der Waals surface area (Å²) >= 11 is 1.47. The van der Waals surface area contributed by atoms with Crippen molar-refractivity contribution in [2.45, 2.75) is 13.8 Å². The Bertz CT molecular complexity index is 1090. The van der Waals surface area contributed by atoms with Crippen molar-refractivity contribution >= 4 is 32.5 Å². The lowest BCUT2D eigenvalue weighted by molar-refractivity contribution is 0.468. The molecule has 0 bridgehead atoms. The first kappa shape index (κ1) is 14.0. The molecule has 1 N–H and O–H groups in total. The van der Waals surface area contributed by atoms with Gasteiger partial charge < -0.3 is 9.52 Å². The molecule has 0 saturated carbocycles. The molecule has 23 heavy (non-hydrogen) atoms. The van der Waals surface area contributed by atoms with E-state index in [2.05, 4.69) is 4.98 Å². The molecule has 0 aliphatic carbocycles. The van der Waals surface area contributed by atoms with Gasteiger partial charge in [-0.05, 0) is 38.1 Å². The van der Waals surface area contributed by atoms with Gasteiger partial charge in [0.05, 0.1) is 21.2 Å². The van der Waals surface area contributed by atoms with E-state index in [1.807, 2.05) is 24.3 Å². The lowest BCUT2D eigenvalue weighted by atomic mass is 10.1. The zero-order chi connectivity index (χ0) is 16.1. The van der Waals surface area contributed by atoms with E-state index in [1.54, 1.807) is 19.9 Å². The Balaban J connectivity index is 2.08. The number of aryl methyl sites for hydroxylation is 2. The van der Waals surface area contributed by atoms with Crippen LogP contribution in [0.2, 0.25) is 0 Å². The molecule has 0 atom stereocenters. The second-order valence-electron chi connectivity index (χ2n) is 5.44. The molecular formula is C18H13NO3S. The minimum absolute atomic E-state index is 0.118. The Labute approximate surface area is 135 Å². The van der Waals surface area contributed by atoms with Crippen molar-refractivity contribution in [1.82, 2.24) is 4.98 Å². The summed E-state index contributed by atoms with van der Waals surface area (Å²) in [5.41, 5.74) is 2.24. The molecule has 0 aliphatic heterocycles. The molecule has 5 heteroatoms. The summed E-state index contributed by atoms with van der Waals surface area (Å²) in [5.74, 6) is 0.628. The summed E-state index contributed by atoms with van der Waals surface area (Å²) in [5, 5.41) is 10.9. The molecule has 4 nitrogen and oxygen atoms in total. The Morgan fingerprint density at radius 2 is 1.91 bits per heavy atom. The van der Waals surface area contributed by atoms with Gasteiger partial charge in [-0.25, -0.2) is 4.98 Å². The summed E-state index contributed by atoms with van der Waals surface area (Å²) in [4.78, 5) is 17.5. The highest BCUT2D eigenvalue weighted by Gasteiger charge is 2.18. The molecule has 0 aliphatic rings. The minimum atomic E-state index is -0.120. The highest BCUT2D eigenvalue weighted by Crippen LogP contribution is 2.33. The first-order valence-corrected chi connectivity index (χ1v) is 8.00. The van der Waals surface area contributed by atoms with Gasteiger partial charge >= 0.3 is 0 Å². The van der Waals surface area contributed by atoms with Crippen LogP contribution in [0.1, 0.15) is 11.3 Å². The van der Waals surface area contributed by atoms with Gasteiger partial charge in [-0.2, -0.15) is 0 Å².